The smallest absolute Gasteiger partial charge is 0.335 e. The van der Waals surface area contributed by atoms with E-state index in [4.69, 9.17) is 5.11 Å². The number of anilines is 1. The van der Waals surface area contributed by atoms with Gasteiger partial charge in [-0.05, 0) is 30.7 Å². The maximum Gasteiger partial charge on any atom is 0.335 e. The highest BCUT2D eigenvalue weighted by molar-refractivity contribution is 5.95. The van der Waals surface area contributed by atoms with E-state index in [9.17, 15) is 9.59 Å². The summed E-state index contributed by atoms with van der Waals surface area (Å²) in [5.74, 6) is -0.949. The molecule has 5 heteroatoms. The Balaban J connectivity index is 2.34. The lowest BCUT2D eigenvalue weighted by atomic mass is 10.1. The number of benzene rings is 1. The van der Waals surface area contributed by atoms with Crippen molar-refractivity contribution in [2.24, 2.45) is 0 Å². The van der Waals surface area contributed by atoms with Crippen LogP contribution in [0.25, 0.3) is 0 Å². The SMILES string of the molecule is Cc1cc(N2CCNC2=O)ccc1C(=O)O. The number of hydrogen-bond acceptors (Lipinski definition) is 2. The summed E-state index contributed by atoms with van der Waals surface area (Å²) in [6.45, 7) is 2.96. The van der Waals surface area contributed by atoms with Crippen LogP contribution >= 0.6 is 0 Å². The number of nitrogens with zero attached hydrogens (tertiary/aromatic N) is 1. The summed E-state index contributed by atoms with van der Waals surface area (Å²) in [5.41, 5.74) is 1.66. The van der Waals surface area contributed by atoms with Crippen molar-refractivity contribution in [2.45, 2.75) is 6.92 Å². The second kappa shape index (κ2) is 3.84. The summed E-state index contributed by atoms with van der Waals surface area (Å²) < 4.78 is 0. The fraction of sp³-hybridized carbons (Fsp3) is 0.273. The van der Waals surface area contributed by atoms with Crippen LogP contribution < -0.4 is 10.2 Å². The van der Waals surface area contributed by atoms with E-state index in [-0.39, 0.29) is 11.6 Å². The fourth-order valence-corrected chi connectivity index (χ4v) is 1.77. The summed E-state index contributed by atoms with van der Waals surface area (Å²) in [4.78, 5) is 23.8. The largest absolute Gasteiger partial charge is 0.478 e. The Morgan fingerprint density at radius 3 is 2.75 bits per heavy atom. The lowest BCUT2D eigenvalue weighted by Gasteiger charge is -2.15. The zero-order valence-corrected chi connectivity index (χ0v) is 8.86. The van der Waals surface area contributed by atoms with Crippen molar-refractivity contribution in [3.63, 3.8) is 0 Å². The van der Waals surface area contributed by atoms with Gasteiger partial charge in [0.05, 0.1) is 5.56 Å². The summed E-state index contributed by atoms with van der Waals surface area (Å²) in [7, 11) is 0. The molecule has 2 amide bonds. The van der Waals surface area contributed by atoms with Crippen LogP contribution in [0.4, 0.5) is 10.5 Å². The average Bonchev–Trinajstić information content (AvgIpc) is 2.63. The monoisotopic (exact) mass is 220 g/mol. The Hall–Kier alpha value is -2.04. The number of hydrogen-bond donors (Lipinski definition) is 2. The summed E-state index contributed by atoms with van der Waals surface area (Å²) in [6, 6.07) is 4.76. The first kappa shape index (κ1) is 10.5. The Labute approximate surface area is 92.7 Å². The molecule has 2 rings (SSSR count). The Kier molecular flexibility index (Phi) is 2.52. The van der Waals surface area contributed by atoms with Crippen LogP contribution in [-0.4, -0.2) is 30.2 Å². The molecule has 0 atom stereocenters. The first-order valence-electron chi connectivity index (χ1n) is 4.99. The number of rotatable bonds is 2. The Bertz CT molecular complexity index is 457. The molecule has 0 radical (unpaired) electrons. The third-order valence-electron chi connectivity index (χ3n) is 2.61. The number of carboxylic acids is 1. The van der Waals surface area contributed by atoms with Crippen LogP contribution in [0.2, 0.25) is 0 Å². The van der Waals surface area contributed by atoms with Crippen molar-refractivity contribution in [1.82, 2.24) is 5.32 Å². The maximum atomic E-state index is 11.4. The molecule has 1 saturated heterocycles. The van der Waals surface area contributed by atoms with E-state index in [0.717, 1.165) is 5.69 Å². The van der Waals surface area contributed by atoms with Gasteiger partial charge in [-0.15, -0.1) is 0 Å². The molecular formula is C11H12N2O3. The van der Waals surface area contributed by atoms with Gasteiger partial charge in [0.2, 0.25) is 0 Å². The molecule has 5 nitrogen and oxygen atoms in total. The number of carbonyl (C=O) groups is 2. The molecular weight excluding hydrogens is 208 g/mol. The fourth-order valence-electron chi connectivity index (χ4n) is 1.77. The third kappa shape index (κ3) is 1.71. The zero-order chi connectivity index (χ0) is 11.7. The quantitative estimate of drug-likeness (QED) is 0.787. The minimum Gasteiger partial charge on any atom is -0.478 e. The second-order valence-electron chi connectivity index (χ2n) is 3.69. The van der Waals surface area contributed by atoms with Crippen molar-refractivity contribution in [3.8, 4) is 0 Å². The van der Waals surface area contributed by atoms with Gasteiger partial charge < -0.3 is 10.4 Å². The van der Waals surface area contributed by atoms with E-state index in [1.165, 1.54) is 6.07 Å². The molecule has 0 spiro atoms. The van der Waals surface area contributed by atoms with E-state index in [0.29, 0.717) is 18.7 Å². The molecule has 1 aromatic rings. The van der Waals surface area contributed by atoms with Crippen LogP contribution in [0.1, 0.15) is 15.9 Å². The first-order chi connectivity index (χ1) is 7.59. The average molecular weight is 220 g/mol. The van der Waals surface area contributed by atoms with Gasteiger partial charge in [-0.2, -0.15) is 0 Å². The normalized spacial score (nSPS) is 15.1. The van der Waals surface area contributed by atoms with E-state index in [1.807, 2.05) is 0 Å². The molecule has 1 aliphatic heterocycles. The Morgan fingerprint density at radius 1 is 1.50 bits per heavy atom. The maximum absolute atomic E-state index is 11.4. The van der Waals surface area contributed by atoms with E-state index < -0.39 is 5.97 Å². The summed E-state index contributed by atoms with van der Waals surface area (Å²) in [5, 5.41) is 11.6. The third-order valence-corrected chi connectivity index (χ3v) is 2.61. The number of nitrogens with one attached hydrogen (secondary N) is 1. The molecule has 16 heavy (non-hydrogen) atoms. The molecule has 0 bridgehead atoms. The van der Waals surface area contributed by atoms with Crippen molar-refractivity contribution in [2.75, 3.05) is 18.0 Å². The molecule has 0 aromatic heterocycles. The number of aryl methyl sites for hydroxylation is 1. The number of urea groups is 1. The lowest BCUT2D eigenvalue weighted by molar-refractivity contribution is 0.0696. The predicted octanol–water partition coefficient (Wildman–Crippen LogP) is 1.22. The number of amides is 2. The molecule has 0 saturated carbocycles. The molecule has 1 heterocycles. The molecule has 0 aliphatic carbocycles. The van der Waals surface area contributed by atoms with Crippen molar-refractivity contribution in [3.05, 3.63) is 29.3 Å². The van der Waals surface area contributed by atoms with Crippen LogP contribution in [0.15, 0.2) is 18.2 Å². The standard InChI is InChI=1S/C11H12N2O3/c1-7-6-8(2-3-9(7)10(14)15)13-5-4-12-11(13)16/h2-3,6H,4-5H2,1H3,(H,12,16)(H,14,15). The first-order valence-corrected chi connectivity index (χ1v) is 4.99. The van der Waals surface area contributed by atoms with Gasteiger partial charge in [-0.25, -0.2) is 9.59 Å². The highest BCUT2D eigenvalue weighted by Gasteiger charge is 2.21. The van der Waals surface area contributed by atoms with Crippen molar-refractivity contribution in [1.29, 1.82) is 0 Å². The molecule has 1 fully saturated rings. The van der Waals surface area contributed by atoms with Crippen LogP contribution in [0.3, 0.4) is 0 Å². The minimum absolute atomic E-state index is 0.137. The van der Waals surface area contributed by atoms with Crippen molar-refractivity contribution < 1.29 is 14.7 Å². The minimum atomic E-state index is -0.949. The van der Waals surface area contributed by atoms with Gasteiger partial charge in [-0.1, -0.05) is 0 Å². The van der Waals surface area contributed by atoms with Gasteiger partial charge in [0.15, 0.2) is 0 Å². The topological polar surface area (TPSA) is 69.6 Å². The highest BCUT2D eigenvalue weighted by atomic mass is 16.4. The van der Waals surface area contributed by atoms with E-state index >= 15 is 0 Å². The van der Waals surface area contributed by atoms with Gasteiger partial charge >= 0.3 is 12.0 Å². The molecule has 1 aliphatic rings. The predicted molar refractivity (Wildman–Crippen MR) is 58.9 cm³/mol. The molecule has 1 aromatic carbocycles. The van der Waals surface area contributed by atoms with Crippen LogP contribution in [0, 0.1) is 6.92 Å². The molecule has 84 valence electrons. The molecule has 2 N–H and O–H groups in total. The van der Waals surface area contributed by atoms with Crippen LogP contribution in [-0.2, 0) is 0 Å². The second-order valence-corrected chi connectivity index (χ2v) is 3.69. The lowest BCUT2D eigenvalue weighted by Crippen LogP contribution is -2.27. The van der Waals surface area contributed by atoms with Crippen LogP contribution in [0.5, 0.6) is 0 Å². The van der Waals surface area contributed by atoms with Gasteiger partial charge in [0.25, 0.3) is 0 Å². The number of carboxylic acid groups (broad SMARTS) is 1. The van der Waals surface area contributed by atoms with E-state index in [2.05, 4.69) is 5.32 Å². The number of aromatic carboxylic acids is 1. The zero-order valence-electron chi connectivity index (χ0n) is 8.86. The van der Waals surface area contributed by atoms with E-state index in [1.54, 1.807) is 24.0 Å². The number of carbonyl (C=O) groups excluding carboxylic acids is 1. The van der Waals surface area contributed by atoms with Crippen molar-refractivity contribution >= 4 is 17.7 Å². The highest BCUT2D eigenvalue weighted by Crippen LogP contribution is 2.20. The Morgan fingerprint density at radius 2 is 2.25 bits per heavy atom. The summed E-state index contributed by atoms with van der Waals surface area (Å²) >= 11 is 0. The van der Waals surface area contributed by atoms with Gasteiger partial charge in [0, 0.05) is 18.8 Å². The molecule has 0 unspecified atom stereocenters. The van der Waals surface area contributed by atoms with Gasteiger partial charge in [-0.3, -0.25) is 4.90 Å². The van der Waals surface area contributed by atoms with Gasteiger partial charge in [0.1, 0.15) is 0 Å². The summed E-state index contributed by atoms with van der Waals surface area (Å²) in [6.07, 6.45) is 0.